The fourth-order valence-corrected chi connectivity index (χ4v) is 4.10. The van der Waals surface area contributed by atoms with E-state index >= 15 is 0 Å². The highest BCUT2D eigenvalue weighted by Crippen LogP contribution is 2.48. The highest BCUT2D eigenvalue weighted by Gasteiger charge is 2.44. The summed E-state index contributed by atoms with van der Waals surface area (Å²) in [6, 6.07) is 8.43. The highest BCUT2D eigenvalue weighted by atomic mass is 19.1. The lowest BCUT2D eigenvalue weighted by Gasteiger charge is -2.33. The zero-order chi connectivity index (χ0) is 18.0. The highest BCUT2D eigenvalue weighted by molar-refractivity contribution is 5.80. The number of hydrogen-bond acceptors (Lipinski definition) is 2. The van der Waals surface area contributed by atoms with Gasteiger partial charge in [0.05, 0.1) is 6.54 Å². The molecule has 1 aromatic carbocycles. The Bertz CT molecular complexity index is 643. The van der Waals surface area contributed by atoms with Gasteiger partial charge in [-0.1, -0.05) is 12.1 Å². The van der Waals surface area contributed by atoms with E-state index in [9.17, 15) is 4.39 Å². The van der Waals surface area contributed by atoms with Gasteiger partial charge in [0.1, 0.15) is 5.82 Å². The molecule has 0 radical (unpaired) electrons. The molecule has 3 aliphatic rings. The standard InChI is InChI=1S/C21H31FN4/c1-2-23-20(25-18-8-12-26(13-9-18)19-6-7-19)24-15-21(10-11-21)16-4-3-5-17(22)14-16/h3-5,14,18-19H,2,6-13,15H2,1H3,(H2,23,24,25). The normalized spacial score (nSPS) is 23.7. The second-order valence-corrected chi connectivity index (χ2v) is 8.17. The van der Waals surface area contributed by atoms with E-state index in [2.05, 4.69) is 22.5 Å². The van der Waals surface area contributed by atoms with E-state index in [4.69, 9.17) is 4.99 Å². The quantitative estimate of drug-likeness (QED) is 0.607. The van der Waals surface area contributed by atoms with Crippen LogP contribution < -0.4 is 10.6 Å². The largest absolute Gasteiger partial charge is 0.357 e. The molecular formula is C21H31FN4. The number of nitrogens with zero attached hydrogens (tertiary/aromatic N) is 2. The third-order valence-corrected chi connectivity index (χ3v) is 6.11. The van der Waals surface area contributed by atoms with E-state index in [1.54, 1.807) is 6.07 Å². The number of nitrogens with one attached hydrogen (secondary N) is 2. The Morgan fingerprint density at radius 1 is 1.23 bits per heavy atom. The van der Waals surface area contributed by atoms with E-state index < -0.39 is 0 Å². The van der Waals surface area contributed by atoms with Gasteiger partial charge in [0.25, 0.3) is 0 Å². The van der Waals surface area contributed by atoms with Crippen molar-refractivity contribution < 1.29 is 4.39 Å². The number of halogens is 1. The van der Waals surface area contributed by atoms with Crippen LogP contribution in [-0.4, -0.2) is 49.1 Å². The SMILES string of the molecule is CCNC(=NCC1(c2cccc(F)c2)CC1)NC1CCN(C2CC2)CC1. The van der Waals surface area contributed by atoms with Gasteiger partial charge in [-0.15, -0.1) is 0 Å². The van der Waals surface area contributed by atoms with Crippen LogP contribution in [0.2, 0.25) is 0 Å². The molecule has 0 spiro atoms. The molecule has 0 aromatic heterocycles. The Kier molecular flexibility index (Phi) is 5.16. The number of rotatable bonds is 6. The lowest BCUT2D eigenvalue weighted by molar-refractivity contribution is 0.197. The maximum Gasteiger partial charge on any atom is 0.191 e. The van der Waals surface area contributed by atoms with Gasteiger partial charge in [-0.05, 0) is 63.1 Å². The van der Waals surface area contributed by atoms with E-state index in [1.807, 2.05) is 12.1 Å². The predicted octanol–water partition coefficient (Wildman–Crippen LogP) is 3.04. The molecular weight excluding hydrogens is 327 g/mol. The molecule has 1 heterocycles. The zero-order valence-electron chi connectivity index (χ0n) is 15.8. The summed E-state index contributed by atoms with van der Waals surface area (Å²) in [6.45, 7) is 6.10. The molecule has 1 aromatic rings. The van der Waals surface area contributed by atoms with Crippen LogP contribution in [0.5, 0.6) is 0 Å². The van der Waals surface area contributed by atoms with Crippen molar-refractivity contribution in [3.63, 3.8) is 0 Å². The minimum absolute atomic E-state index is 0.0415. The molecule has 1 aliphatic heterocycles. The Morgan fingerprint density at radius 2 is 2.00 bits per heavy atom. The molecule has 0 atom stereocenters. The predicted molar refractivity (Wildman–Crippen MR) is 104 cm³/mol. The number of guanidine groups is 1. The van der Waals surface area contributed by atoms with Crippen LogP contribution in [0.25, 0.3) is 0 Å². The summed E-state index contributed by atoms with van der Waals surface area (Å²) in [5, 5.41) is 7.03. The minimum Gasteiger partial charge on any atom is -0.357 e. The topological polar surface area (TPSA) is 39.7 Å². The van der Waals surface area contributed by atoms with Crippen molar-refractivity contribution in [3.05, 3.63) is 35.6 Å². The third kappa shape index (κ3) is 4.20. The van der Waals surface area contributed by atoms with Gasteiger partial charge in [0, 0.05) is 37.1 Å². The van der Waals surface area contributed by atoms with E-state index in [1.165, 1.54) is 44.8 Å². The molecule has 142 valence electrons. The summed E-state index contributed by atoms with van der Waals surface area (Å²) in [5.41, 5.74) is 1.13. The van der Waals surface area contributed by atoms with Crippen molar-refractivity contribution >= 4 is 5.96 Å². The maximum atomic E-state index is 13.6. The van der Waals surface area contributed by atoms with Crippen LogP contribution in [0.4, 0.5) is 4.39 Å². The van der Waals surface area contributed by atoms with Crippen molar-refractivity contribution in [2.24, 2.45) is 4.99 Å². The molecule has 0 unspecified atom stereocenters. The Morgan fingerprint density at radius 3 is 2.62 bits per heavy atom. The summed E-state index contributed by atoms with van der Waals surface area (Å²) in [5.74, 6) is 0.769. The Balaban J connectivity index is 1.35. The number of benzene rings is 1. The zero-order valence-corrected chi connectivity index (χ0v) is 15.8. The van der Waals surface area contributed by atoms with Gasteiger partial charge in [-0.25, -0.2) is 4.39 Å². The smallest absolute Gasteiger partial charge is 0.191 e. The Labute approximate surface area is 156 Å². The van der Waals surface area contributed by atoms with Crippen molar-refractivity contribution in [1.82, 2.24) is 15.5 Å². The van der Waals surface area contributed by atoms with Gasteiger partial charge in [0.15, 0.2) is 5.96 Å². The van der Waals surface area contributed by atoms with Gasteiger partial charge in [-0.2, -0.15) is 0 Å². The molecule has 0 amide bonds. The summed E-state index contributed by atoms with van der Waals surface area (Å²) in [6.07, 6.45) is 7.36. The summed E-state index contributed by atoms with van der Waals surface area (Å²) in [4.78, 5) is 7.52. The summed E-state index contributed by atoms with van der Waals surface area (Å²) in [7, 11) is 0. The minimum atomic E-state index is -0.148. The lowest BCUT2D eigenvalue weighted by Crippen LogP contribution is -2.49. The fraction of sp³-hybridized carbons (Fsp3) is 0.667. The molecule has 0 bridgehead atoms. The number of hydrogen-bond donors (Lipinski definition) is 2. The molecule has 1 saturated heterocycles. The van der Waals surface area contributed by atoms with Crippen LogP contribution in [0.1, 0.15) is 51.0 Å². The second kappa shape index (κ2) is 7.55. The van der Waals surface area contributed by atoms with Crippen LogP contribution in [-0.2, 0) is 5.41 Å². The molecule has 2 aliphatic carbocycles. The third-order valence-electron chi connectivity index (χ3n) is 6.11. The molecule has 3 fully saturated rings. The van der Waals surface area contributed by atoms with Crippen molar-refractivity contribution in [2.45, 2.75) is 62.9 Å². The number of piperidine rings is 1. The first-order chi connectivity index (χ1) is 12.7. The van der Waals surface area contributed by atoms with Crippen LogP contribution in [0.3, 0.4) is 0 Å². The monoisotopic (exact) mass is 358 g/mol. The fourth-order valence-electron chi connectivity index (χ4n) is 4.10. The van der Waals surface area contributed by atoms with Crippen LogP contribution in [0, 0.1) is 5.82 Å². The maximum absolute atomic E-state index is 13.6. The molecule has 5 heteroatoms. The van der Waals surface area contributed by atoms with Crippen LogP contribution in [0.15, 0.2) is 29.3 Å². The molecule has 4 nitrogen and oxygen atoms in total. The molecule has 4 rings (SSSR count). The first-order valence-corrected chi connectivity index (χ1v) is 10.2. The average Bonchev–Trinajstić information content (AvgIpc) is 3.55. The van der Waals surface area contributed by atoms with E-state index in [-0.39, 0.29) is 11.2 Å². The Hall–Kier alpha value is -1.62. The average molecular weight is 359 g/mol. The second-order valence-electron chi connectivity index (χ2n) is 8.17. The van der Waals surface area contributed by atoms with E-state index in [0.29, 0.717) is 6.04 Å². The van der Waals surface area contributed by atoms with Crippen molar-refractivity contribution in [1.29, 1.82) is 0 Å². The summed E-state index contributed by atoms with van der Waals surface area (Å²) >= 11 is 0. The van der Waals surface area contributed by atoms with Crippen LogP contribution >= 0.6 is 0 Å². The first kappa shape index (κ1) is 17.8. The van der Waals surface area contributed by atoms with Crippen molar-refractivity contribution in [2.75, 3.05) is 26.2 Å². The number of aliphatic imine (C=N–C) groups is 1. The molecule has 2 N–H and O–H groups in total. The lowest BCUT2D eigenvalue weighted by atomic mass is 9.96. The number of likely N-dealkylation sites (tertiary alicyclic amines) is 1. The molecule has 26 heavy (non-hydrogen) atoms. The van der Waals surface area contributed by atoms with Gasteiger partial charge < -0.3 is 15.5 Å². The summed E-state index contributed by atoms with van der Waals surface area (Å²) < 4.78 is 13.6. The first-order valence-electron chi connectivity index (χ1n) is 10.2. The van der Waals surface area contributed by atoms with Gasteiger partial charge in [0.2, 0.25) is 0 Å². The van der Waals surface area contributed by atoms with Gasteiger partial charge >= 0.3 is 0 Å². The van der Waals surface area contributed by atoms with Gasteiger partial charge in [-0.3, -0.25) is 4.99 Å². The van der Waals surface area contributed by atoms with E-state index in [0.717, 1.165) is 43.5 Å². The van der Waals surface area contributed by atoms with Crippen molar-refractivity contribution in [3.8, 4) is 0 Å². The molecule has 2 saturated carbocycles.